The van der Waals surface area contributed by atoms with Gasteiger partial charge in [0.05, 0.1) is 12.5 Å². The van der Waals surface area contributed by atoms with Gasteiger partial charge >= 0.3 is 11.9 Å². The number of carbonyl (C=O) groups is 2. The number of hydrogen-bond donors (Lipinski definition) is 0. The molecule has 0 N–H and O–H groups in total. The molecule has 0 bridgehead atoms. The molecule has 4 heteroatoms. The quantitative estimate of drug-likeness (QED) is 0.204. The summed E-state index contributed by atoms with van der Waals surface area (Å²) >= 11 is 0. The highest BCUT2D eigenvalue weighted by Gasteiger charge is 2.32. The average molecular weight is 469 g/mol. The summed E-state index contributed by atoms with van der Waals surface area (Å²) in [6, 6.07) is 25.8. The fourth-order valence-electron chi connectivity index (χ4n) is 4.54. The molecule has 0 aromatic heterocycles. The van der Waals surface area contributed by atoms with Crippen LogP contribution in [0.2, 0.25) is 0 Å². The third-order valence-corrected chi connectivity index (χ3v) is 6.29. The average Bonchev–Trinajstić information content (AvgIpc) is 2.85. The summed E-state index contributed by atoms with van der Waals surface area (Å²) in [5.74, 6) is -0.996. The largest absolute Gasteiger partial charge is 0.463 e. The van der Waals surface area contributed by atoms with Gasteiger partial charge in [-0.25, -0.2) is 4.79 Å². The van der Waals surface area contributed by atoms with Gasteiger partial charge < -0.3 is 9.47 Å². The lowest BCUT2D eigenvalue weighted by atomic mass is 9.93. The zero-order valence-electron chi connectivity index (χ0n) is 20.8. The zero-order valence-corrected chi connectivity index (χ0v) is 20.8. The SMILES string of the molecule is CCOC(=O)[C@H](OC(=O)[C@@H](C)c1ccc(CC(C)C)cc1)c1c2ccccc2cc2ccccc12. The molecule has 35 heavy (non-hydrogen) atoms. The maximum atomic E-state index is 13.3. The number of esters is 2. The highest BCUT2D eigenvalue weighted by molar-refractivity contribution is 6.05. The van der Waals surface area contributed by atoms with Crippen molar-refractivity contribution in [1.82, 2.24) is 0 Å². The zero-order chi connectivity index (χ0) is 24.9. The van der Waals surface area contributed by atoms with E-state index in [0.29, 0.717) is 11.5 Å². The second-order valence-electron chi connectivity index (χ2n) is 9.36. The number of ether oxygens (including phenoxy) is 2. The van der Waals surface area contributed by atoms with Crippen LogP contribution >= 0.6 is 0 Å². The fourth-order valence-corrected chi connectivity index (χ4v) is 4.54. The van der Waals surface area contributed by atoms with Crippen LogP contribution in [0.3, 0.4) is 0 Å². The van der Waals surface area contributed by atoms with Crippen LogP contribution in [0, 0.1) is 5.92 Å². The number of fused-ring (bicyclic) bond motifs is 2. The van der Waals surface area contributed by atoms with Gasteiger partial charge in [0, 0.05) is 5.56 Å². The van der Waals surface area contributed by atoms with Crippen molar-refractivity contribution in [3.8, 4) is 0 Å². The number of benzene rings is 4. The smallest absolute Gasteiger partial charge is 0.352 e. The minimum atomic E-state index is -1.17. The van der Waals surface area contributed by atoms with Crippen LogP contribution in [-0.2, 0) is 25.5 Å². The Morgan fingerprint density at radius 2 is 1.34 bits per heavy atom. The Kier molecular flexibility index (Phi) is 7.50. The fraction of sp³-hybridized carbons (Fsp3) is 0.290. The van der Waals surface area contributed by atoms with Crippen molar-refractivity contribution in [2.45, 2.75) is 46.1 Å². The van der Waals surface area contributed by atoms with Crippen LogP contribution < -0.4 is 0 Å². The maximum absolute atomic E-state index is 13.3. The van der Waals surface area contributed by atoms with Crippen molar-refractivity contribution in [2.24, 2.45) is 5.92 Å². The van der Waals surface area contributed by atoms with Gasteiger partial charge in [0.1, 0.15) is 0 Å². The van der Waals surface area contributed by atoms with Crippen LogP contribution in [0.1, 0.15) is 56.4 Å². The molecular weight excluding hydrogens is 436 g/mol. The molecule has 2 atom stereocenters. The van der Waals surface area contributed by atoms with E-state index in [9.17, 15) is 9.59 Å². The van der Waals surface area contributed by atoms with Gasteiger partial charge in [-0.1, -0.05) is 86.6 Å². The minimum Gasteiger partial charge on any atom is -0.463 e. The molecule has 0 amide bonds. The molecule has 4 aromatic rings. The van der Waals surface area contributed by atoms with E-state index in [1.807, 2.05) is 67.6 Å². The summed E-state index contributed by atoms with van der Waals surface area (Å²) in [6.45, 7) is 8.12. The lowest BCUT2D eigenvalue weighted by Gasteiger charge is -2.22. The highest BCUT2D eigenvalue weighted by atomic mass is 16.6. The van der Waals surface area contributed by atoms with Crippen molar-refractivity contribution in [1.29, 1.82) is 0 Å². The van der Waals surface area contributed by atoms with Crippen molar-refractivity contribution in [3.63, 3.8) is 0 Å². The molecular formula is C31H32O4. The van der Waals surface area contributed by atoms with E-state index < -0.39 is 24.0 Å². The Balaban J connectivity index is 1.72. The lowest BCUT2D eigenvalue weighted by Crippen LogP contribution is -2.25. The summed E-state index contributed by atoms with van der Waals surface area (Å²) in [5, 5.41) is 3.67. The molecule has 0 saturated heterocycles. The first-order valence-electron chi connectivity index (χ1n) is 12.2. The summed E-state index contributed by atoms with van der Waals surface area (Å²) in [5.41, 5.74) is 2.74. The molecule has 0 heterocycles. The molecule has 4 rings (SSSR count). The molecule has 0 unspecified atom stereocenters. The third kappa shape index (κ3) is 5.37. The topological polar surface area (TPSA) is 52.6 Å². The van der Waals surface area contributed by atoms with Gasteiger partial charge in [-0.2, -0.15) is 0 Å². The predicted molar refractivity (Wildman–Crippen MR) is 140 cm³/mol. The van der Waals surface area contributed by atoms with E-state index in [2.05, 4.69) is 32.0 Å². The van der Waals surface area contributed by atoms with E-state index in [-0.39, 0.29) is 6.61 Å². The molecule has 0 aliphatic carbocycles. The number of rotatable bonds is 8. The van der Waals surface area contributed by atoms with E-state index in [4.69, 9.17) is 9.47 Å². The van der Waals surface area contributed by atoms with Crippen molar-refractivity contribution >= 4 is 33.5 Å². The second kappa shape index (κ2) is 10.7. The predicted octanol–water partition coefficient (Wildman–Crippen LogP) is 7.14. The first kappa shape index (κ1) is 24.5. The molecule has 0 aliphatic rings. The van der Waals surface area contributed by atoms with Crippen molar-refractivity contribution in [2.75, 3.05) is 6.61 Å². The van der Waals surface area contributed by atoms with Gasteiger partial charge in [-0.15, -0.1) is 0 Å². The number of hydrogen-bond acceptors (Lipinski definition) is 4. The number of carbonyl (C=O) groups excluding carboxylic acids is 2. The Morgan fingerprint density at radius 1 is 0.771 bits per heavy atom. The first-order chi connectivity index (χ1) is 16.9. The molecule has 0 radical (unpaired) electrons. The Hall–Kier alpha value is -3.66. The summed E-state index contributed by atoms with van der Waals surface area (Å²) in [7, 11) is 0. The summed E-state index contributed by atoms with van der Waals surface area (Å²) < 4.78 is 11.3. The van der Waals surface area contributed by atoms with E-state index in [1.54, 1.807) is 6.92 Å². The van der Waals surface area contributed by atoms with Crippen LogP contribution in [0.5, 0.6) is 0 Å². The van der Waals surface area contributed by atoms with Gasteiger partial charge in [0.2, 0.25) is 6.10 Å². The van der Waals surface area contributed by atoms with Crippen LogP contribution in [0.25, 0.3) is 21.5 Å². The second-order valence-corrected chi connectivity index (χ2v) is 9.36. The molecule has 4 aromatic carbocycles. The molecule has 4 nitrogen and oxygen atoms in total. The lowest BCUT2D eigenvalue weighted by molar-refractivity contribution is -0.168. The Morgan fingerprint density at radius 3 is 1.89 bits per heavy atom. The standard InChI is InChI=1S/C31H32O4/c1-5-34-31(33)29(35-30(32)21(4)23-16-14-22(15-17-23)18-20(2)3)28-26-12-8-6-10-24(26)19-25-11-7-9-13-27(25)28/h6-17,19-21,29H,5,18H2,1-4H3/t21-,29+/m0/s1. The highest BCUT2D eigenvalue weighted by Crippen LogP contribution is 2.36. The van der Waals surface area contributed by atoms with Crippen LogP contribution in [-0.4, -0.2) is 18.5 Å². The Labute approximate surface area is 206 Å². The summed E-state index contributed by atoms with van der Waals surface area (Å²) in [6.07, 6.45) is -0.181. The summed E-state index contributed by atoms with van der Waals surface area (Å²) in [4.78, 5) is 26.5. The van der Waals surface area contributed by atoms with Crippen LogP contribution in [0.15, 0.2) is 78.9 Å². The van der Waals surface area contributed by atoms with E-state index in [1.165, 1.54) is 5.56 Å². The molecule has 0 spiro atoms. The minimum absolute atomic E-state index is 0.197. The third-order valence-electron chi connectivity index (χ3n) is 6.29. The van der Waals surface area contributed by atoms with Crippen molar-refractivity contribution < 1.29 is 19.1 Å². The molecule has 180 valence electrons. The van der Waals surface area contributed by atoms with Crippen molar-refractivity contribution in [3.05, 3.63) is 95.6 Å². The van der Waals surface area contributed by atoms with Gasteiger partial charge in [-0.05, 0) is 64.9 Å². The van der Waals surface area contributed by atoms with E-state index in [0.717, 1.165) is 33.5 Å². The molecule has 0 saturated carbocycles. The van der Waals surface area contributed by atoms with Crippen LogP contribution in [0.4, 0.5) is 0 Å². The van der Waals surface area contributed by atoms with Gasteiger partial charge in [-0.3, -0.25) is 4.79 Å². The maximum Gasteiger partial charge on any atom is 0.352 e. The van der Waals surface area contributed by atoms with E-state index >= 15 is 0 Å². The monoisotopic (exact) mass is 468 g/mol. The molecule has 0 aliphatic heterocycles. The Bertz CT molecular complexity index is 1280. The first-order valence-corrected chi connectivity index (χ1v) is 12.2. The van der Waals surface area contributed by atoms with Gasteiger partial charge in [0.15, 0.2) is 0 Å². The molecule has 0 fully saturated rings. The van der Waals surface area contributed by atoms with Gasteiger partial charge in [0.25, 0.3) is 0 Å². The normalized spacial score (nSPS) is 13.1.